The van der Waals surface area contributed by atoms with Crippen molar-refractivity contribution >= 4 is 0 Å². The molecule has 1 rings (SSSR count). The van der Waals surface area contributed by atoms with Gasteiger partial charge in [0.2, 0.25) is 5.95 Å². The molecular weight excluding hydrogens is 200 g/mol. The summed E-state index contributed by atoms with van der Waals surface area (Å²) in [6.45, 7) is 2.86. The molecule has 2 nitrogen and oxygen atoms in total. The molecule has 0 spiro atoms. The van der Waals surface area contributed by atoms with Crippen molar-refractivity contribution in [2.75, 3.05) is 0 Å². The van der Waals surface area contributed by atoms with Crippen LogP contribution >= 0.6 is 0 Å². The molecule has 0 fully saturated rings. The fourth-order valence-electron chi connectivity index (χ4n) is 0.907. The fraction of sp³-hybridized carbons (Fsp3) is 0.500. The van der Waals surface area contributed by atoms with Gasteiger partial charge in [-0.1, -0.05) is 0 Å². The van der Waals surface area contributed by atoms with Gasteiger partial charge in [-0.05, 0) is 13.8 Å². The number of alkyl halides is 3. The summed E-state index contributed by atoms with van der Waals surface area (Å²) in [5.74, 6) is -1.42. The topological polar surface area (TPSA) is 25.8 Å². The van der Waals surface area contributed by atoms with Crippen LogP contribution in [0.4, 0.5) is 17.6 Å². The molecular formula is C8H8F4N2. The molecule has 0 bridgehead atoms. The highest BCUT2D eigenvalue weighted by atomic mass is 19.4. The summed E-state index contributed by atoms with van der Waals surface area (Å²) < 4.78 is 48.6. The maximum Gasteiger partial charge on any atom is 0.396 e. The van der Waals surface area contributed by atoms with E-state index in [4.69, 9.17) is 0 Å². The van der Waals surface area contributed by atoms with Gasteiger partial charge in [-0.3, -0.25) is 0 Å². The molecule has 1 aromatic rings. The molecule has 0 aliphatic rings. The quantitative estimate of drug-likeness (QED) is 0.523. The van der Waals surface area contributed by atoms with Crippen molar-refractivity contribution in [3.8, 4) is 0 Å². The lowest BCUT2D eigenvalue weighted by Crippen LogP contribution is -2.16. The molecule has 14 heavy (non-hydrogen) atoms. The van der Waals surface area contributed by atoms with Crippen molar-refractivity contribution in [2.24, 2.45) is 0 Å². The van der Waals surface area contributed by atoms with Gasteiger partial charge in [0.25, 0.3) is 0 Å². The van der Waals surface area contributed by atoms with E-state index in [1.807, 2.05) is 0 Å². The summed E-state index contributed by atoms with van der Waals surface area (Å²) in [7, 11) is 0. The third-order valence-electron chi connectivity index (χ3n) is 1.73. The van der Waals surface area contributed by atoms with Crippen LogP contribution in [0, 0.1) is 19.8 Å². The van der Waals surface area contributed by atoms with Crippen LogP contribution in [0.5, 0.6) is 0 Å². The Kier molecular flexibility index (Phi) is 2.73. The Morgan fingerprint density at radius 3 is 2.14 bits per heavy atom. The largest absolute Gasteiger partial charge is 0.396 e. The first-order chi connectivity index (χ1) is 6.29. The molecule has 0 aliphatic carbocycles. The van der Waals surface area contributed by atoms with E-state index in [2.05, 4.69) is 9.97 Å². The molecule has 0 aliphatic heterocycles. The zero-order chi connectivity index (χ0) is 10.9. The first kappa shape index (κ1) is 10.9. The van der Waals surface area contributed by atoms with Gasteiger partial charge in [0.15, 0.2) is 0 Å². The van der Waals surface area contributed by atoms with E-state index < -0.39 is 24.4 Å². The first-order valence-corrected chi connectivity index (χ1v) is 3.86. The second-order valence-electron chi connectivity index (χ2n) is 2.93. The monoisotopic (exact) mass is 208 g/mol. The minimum atomic E-state index is -4.41. The van der Waals surface area contributed by atoms with Crippen molar-refractivity contribution in [3.63, 3.8) is 0 Å². The number of hydrogen-bond donors (Lipinski definition) is 0. The molecule has 0 saturated heterocycles. The molecule has 1 aromatic heterocycles. The number of hydrogen-bond acceptors (Lipinski definition) is 2. The first-order valence-electron chi connectivity index (χ1n) is 3.86. The van der Waals surface area contributed by atoms with Crippen molar-refractivity contribution in [1.82, 2.24) is 9.97 Å². The summed E-state index contributed by atoms with van der Waals surface area (Å²) >= 11 is 0. The zero-order valence-electron chi connectivity index (χ0n) is 7.61. The van der Waals surface area contributed by atoms with E-state index in [-0.39, 0.29) is 11.3 Å². The van der Waals surface area contributed by atoms with Crippen LogP contribution in [0.15, 0.2) is 0 Å². The Hall–Kier alpha value is -1.20. The SMILES string of the molecule is Cc1nc(CC(F)(F)F)nc(F)c1C. The molecule has 78 valence electrons. The minimum absolute atomic E-state index is 0.177. The Labute approximate surface area is 78.0 Å². The number of aromatic nitrogens is 2. The van der Waals surface area contributed by atoms with Gasteiger partial charge in [0, 0.05) is 11.3 Å². The summed E-state index contributed by atoms with van der Waals surface area (Å²) in [5, 5.41) is 0. The van der Waals surface area contributed by atoms with Crippen LogP contribution in [-0.2, 0) is 6.42 Å². The van der Waals surface area contributed by atoms with E-state index in [0.717, 1.165) is 0 Å². The summed E-state index contributed by atoms with van der Waals surface area (Å²) in [5.41, 5.74) is 0.410. The summed E-state index contributed by atoms with van der Waals surface area (Å²) in [6.07, 6.45) is -5.71. The van der Waals surface area contributed by atoms with Gasteiger partial charge in [0.05, 0.1) is 0 Å². The number of halogens is 4. The van der Waals surface area contributed by atoms with Crippen LogP contribution in [0.2, 0.25) is 0 Å². The normalized spacial score (nSPS) is 11.9. The molecule has 0 atom stereocenters. The van der Waals surface area contributed by atoms with Gasteiger partial charge < -0.3 is 0 Å². The van der Waals surface area contributed by atoms with E-state index in [1.165, 1.54) is 13.8 Å². The van der Waals surface area contributed by atoms with Crippen LogP contribution in [0.25, 0.3) is 0 Å². The van der Waals surface area contributed by atoms with Gasteiger partial charge in [-0.15, -0.1) is 0 Å². The molecule has 1 heterocycles. The lowest BCUT2D eigenvalue weighted by atomic mass is 10.2. The Bertz CT molecular complexity index is 323. The molecule has 0 N–H and O–H groups in total. The Balaban J connectivity index is 3.02. The highest BCUT2D eigenvalue weighted by Gasteiger charge is 2.29. The average Bonchev–Trinajstić information content (AvgIpc) is 1.96. The Morgan fingerprint density at radius 2 is 1.71 bits per heavy atom. The van der Waals surface area contributed by atoms with E-state index in [1.54, 1.807) is 0 Å². The van der Waals surface area contributed by atoms with Crippen molar-refractivity contribution < 1.29 is 17.6 Å². The highest BCUT2D eigenvalue weighted by Crippen LogP contribution is 2.20. The van der Waals surface area contributed by atoms with E-state index in [0.29, 0.717) is 0 Å². The Morgan fingerprint density at radius 1 is 1.14 bits per heavy atom. The predicted octanol–water partition coefficient (Wildman–Crippen LogP) is 2.34. The second kappa shape index (κ2) is 3.51. The maximum absolute atomic E-state index is 12.9. The molecule has 0 amide bonds. The summed E-state index contributed by atoms with van der Waals surface area (Å²) in [6, 6.07) is 0. The lowest BCUT2D eigenvalue weighted by molar-refractivity contribution is -0.128. The van der Waals surface area contributed by atoms with Crippen molar-refractivity contribution in [3.05, 3.63) is 23.0 Å². The van der Waals surface area contributed by atoms with Crippen molar-refractivity contribution in [2.45, 2.75) is 26.4 Å². The molecule has 0 radical (unpaired) electrons. The van der Waals surface area contributed by atoms with Crippen molar-refractivity contribution in [1.29, 1.82) is 0 Å². The van der Waals surface area contributed by atoms with Gasteiger partial charge >= 0.3 is 6.18 Å². The third kappa shape index (κ3) is 2.65. The molecule has 0 aromatic carbocycles. The minimum Gasteiger partial charge on any atom is -0.237 e. The fourth-order valence-corrected chi connectivity index (χ4v) is 0.907. The highest BCUT2D eigenvalue weighted by molar-refractivity contribution is 5.15. The zero-order valence-corrected chi connectivity index (χ0v) is 7.61. The smallest absolute Gasteiger partial charge is 0.237 e. The van der Waals surface area contributed by atoms with Crippen LogP contribution < -0.4 is 0 Å². The maximum atomic E-state index is 12.9. The molecule has 0 saturated carbocycles. The van der Waals surface area contributed by atoms with Crippen LogP contribution in [-0.4, -0.2) is 16.1 Å². The average molecular weight is 208 g/mol. The molecule has 0 unspecified atom stereocenters. The van der Waals surface area contributed by atoms with E-state index >= 15 is 0 Å². The third-order valence-corrected chi connectivity index (χ3v) is 1.73. The standard InChI is InChI=1S/C8H8F4N2/c1-4-5(2)13-6(14-7(4)9)3-8(10,11)12/h3H2,1-2H3. The number of nitrogens with zero attached hydrogens (tertiary/aromatic N) is 2. The van der Waals surface area contributed by atoms with Gasteiger partial charge in [0.1, 0.15) is 12.2 Å². The van der Waals surface area contributed by atoms with Gasteiger partial charge in [-0.2, -0.15) is 17.6 Å². The number of rotatable bonds is 1. The van der Waals surface area contributed by atoms with Crippen LogP contribution in [0.3, 0.4) is 0 Å². The van der Waals surface area contributed by atoms with Gasteiger partial charge in [-0.25, -0.2) is 9.97 Å². The lowest BCUT2D eigenvalue weighted by Gasteiger charge is -2.07. The van der Waals surface area contributed by atoms with E-state index in [9.17, 15) is 17.6 Å². The number of aryl methyl sites for hydroxylation is 1. The molecule has 6 heteroatoms. The predicted molar refractivity (Wildman–Crippen MR) is 41.2 cm³/mol. The summed E-state index contributed by atoms with van der Waals surface area (Å²) in [4.78, 5) is 6.67. The second-order valence-corrected chi connectivity index (χ2v) is 2.93. The van der Waals surface area contributed by atoms with Crippen LogP contribution in [0.1, 0.15) is 17.1 Å².